The Morgan fingerprint density at radius 2 is 1.65 bits per heavy atom. The van der Waals surface area contributed by atoms with E-state index in [1.165, 1.54) is 0 Å². The number of phenolic OH excluding ortho intramolecular Hbond substituents is 1. The molecule has 0 bridgehead atoms. The van der Waals surface area contributed by atoms with Gasteiger partial charge in [0, 0.05) is 5.88 Å². The number of hydrogen-bond acceptors (Lipinski definition) is 3. The van der Waals surface area contributed by atoms with Crippen LogP contribution in [-0.2, 0) is 12.5 Å². The zero-order valence-electron chi connectivity index (χ0n) is 11.3. The fraction of sp³-hybridized carbons (Fsp3) is 0.250. The molecule has 4 heteroatoms. The number of aromatic hydroxyl groups is 1. The number of alkyl halides is 1. The summed E-state index contributed by atoms with van der Waals surface area (Å²) < 4.78 is 11.3. The highest BCUT2D eigenvalue weighted by molar-refractivity contribution is 6.17. The average molecular weight is 293 g/mol. The van der Waals surface area contributed by atoms with E-state index in [-0.39, 0.29) is 5.75 Å². The molecule has 0 saturated carbocycles. The van der Waals surface area contributed by atoms with E-state index in [9.17, 15) is 5.11 Å². The van der Waals surface area contributed by atoms with Crippen molar-refractivity contribution in [3.05, 3.63) is 53.6 Å². The summed E-state index contributed by atoms with van der Waals surface area (Å²) in [6.07, 6.45) is 0. The number of ether oxygens (including phenoxy) is 2. The third-order valence-corrected chi connectivity index (χ3v) is 3.10. The normalized spacial score (nSPS) is 10.3. The van der Waals surface area contributed by atoms with Crippen molar-refractivity contribution in [3.63, 3.8) is 0 Å². The minimum Gasteiger partial charge on any atom is -0.508 e. The molecule has 0 aliphatic carbocycles. The molecule has 0 aromatic heterocycles. The third kappa shape index (κ3) is 3.81. The van der Waals surface area contributed by atoms with Crippen LogP contribution in [0.1, 0.15) is 18.1 Å². The number of rotatable bonds is 6. The molecule has 1 N–H and O–H groups in total. The molecule has 106 valence electrons. The highest BCUT2D eigenvalue weighted by Crippen LogP contribution is 2.30. The maximum absolute atomic E-state index is 9.24. The molecule has 0 fully saturated rings. The average Bonchev–Trinajstić information content (AvgIpc) is 2.48. The Morgan fingerprint density at radius 3 is 2.30 bits per heavy atom. The van der Waals surface area contributed by atoms with Gasteiger partial charge in [-0.1, -0.05) is 18.2 Å². The van der Waals surface area contributed by atoms with Gasteiger partial charge in [-0.25, -0.2) is 0 Å². The number of hydrogen-bond donors (Lipinski definition) is 1. The second-order valence-electron chi connectivity index (χ2n) is 4.30. The fourth-order valence-electron chi connectivity index (χ4n) is 1.78. The van der Waals surface area contributed by atoms with Gasteiger partial charge in [0.1, 0.15) is 12.4 Å². The van der Waals surface area contributed by atoms with Crippen molar-refractivity contribution in [2.45, 2.75) is 19.4 Å². The lowest BCUT2D eigenvalue weighted by atomic mass is 10.2. The molecular weight excluding hydrogens is 276 g/mol. The maximum atomic E-state index is 9.24. The van der Waals surface area contributed by atoms with Gasteiger partial charge < -0.3 is 14.6 Å². The van der Waals surface area contributed by atoms with Gasteiger partial charge in [0.05, 0.1) is 6.61 Å². The van der Waals surface area contributed by atoms with Crippen molar-refractivity contribution >= 4 is 11.6 Å². The summed E-state index contributed by atoms with van der Waals surface area (Å²) in [5.41, 5.74) is 1.97. The maximum Gasteiger partial charge on any atom is 0.161 e. The third-order valence-electron chi connectivity index (χ3n) is 2.79. The van der Waals surface area contributed by atoms with Crippen LogP contribution in [0.5, 0.6) is 17.2 Å². The van der Waals surface area contributed by atoms with Crippen LogP contribution in [0.2, 0.25) is 0 Å². The quantitative estimate of drug-likeness (QED) is 0.814. The standard InChI is InChI=1S/C16H17ClO3/c1-2-19-16-9-13(10-17)5-8-15(16)20-11-12-3-6-14(18)7-4-12/h3-9,18H,2,10-11H2,1H3. The van der Waals surface area contributed by atoms with Crippen LogP contribution >= 0.6 is 11.6 Å². The Hall–Kier alpha value is -1.87. The Kier molecular flexibility index (Phi) is 5.13. The van der Waals surface area contributed by atoms with Crippen LogP contribution in [0, 0.1) is 0 Å². The Bertz CT molecular complexity index is 552. The summed E-state index contributed by atoms with van der Waals surface area (Å²) in [5, 5.41) is 9.24. The molecule has 0 unspecified atom stereocenters. The summed E-state index contributed by atoms with van der Waals surface area (Å²) in [6.45, 7) is 2.92. The van der Waals surface area contributed by atoms with Crippen molar-refractivity contribution in [2.75, 3.05) is 6.61 Å². The molecule has 0 amide bonds. The Morgan fingerprint density at radius 1 is 0.950 bits per heavy atom. The highest BCUT2D eigenvalue weighted by atomic mass is 35.5. The van der Waals surface area contributed by atoms with Crippen LogP contribution in [-0.4, -0.2) is 11.7 Å². The van der Waals surface area contributed by atoms with E-state index in [0.29, 0.717) is 30.6 Å². The van der Waals surface area contributed by atoms with Gasteiger partial charge in [0.15, 0.2) is 11.5 Å². The molecule has 0 radical (unpaired) electrons. The fourth-order valence-corrected chi connectivity index (χ4v) is 1.94. The highest BCUT2D eigenvalue weighted by Gasteiger charge is 2.06. The number of halogens is 1. The van der Waals surface area contributed by atoms with Crippen molar-refractivity contribution in [2.24, 2.45) is 0 Å². The first-order valence-corrected chi connectivity index (χ1v) is 6.98. The molecule has 0 atom stereocenters. The monoisotopic (exact) mass is 292 g/mol. The lowest BCUT2D eigenvalue weighted by Gasteiger charge is -2.13. The van der Waals surface area contributed by atoms with Gasteiger partial charge in [-0.2, -0.15) is 0 Å². The molecule has 20 heavy (non-hydrogen) atoms. The van der Waals surface area contributed by atoms with Crippen molar-refractivity contribution in [1.29, 1.82) is 0 Å². The first-order chi connectivity index (χ1) is 9.72. The molecule has 2 rings (SSSR count). The number of phenols is 1. The molecule has 0 heterocycles. The summed E-state index contributed by atoms with van der Waals surface area (Å²) in [6, 6.07) is 12.6. The van der Waals surface area contributed by atoms with E-state index in [2.05, 4.69) is 0 Å². The van der Waals surface area contributed by atoms with Crippen molar-refractivity contribution in [3.8, 4) is 17.2 Å². The zero-order valence-corrected chi connectivity index (χ0v) is 12.1. The SMILES string of the molecule is CCOc1cc(CCl)ccc1OCc1ccc(O)cc1. The molecule has 3 nitrogen and oxygen atoms in total. The van der Waals surface area contributed by atoms with Crippen LogP contribution in [0.4, 0.5) is 0 Å². The minimum atomic E-state index is 0.246. The zero-order chi connectivity index (χ0) is 14.4. The van der Waals surface area contributed by atoms with Gasteiger partial charge in [0.2, 0.25) is 0 Å². The van der Waals surface area contributed by atoms with E-state index < -0.39 is 0 Å². The van der Waals surface area contributed by atoms with Gasteiger partial charge in [0.25, 0.3) is 0 Å². The van der Waals surface area contributed by atoms with Crippen molar-refractivity contribution in [1.82, 2.24) is 0 Å². The van der Waals surface area contributed by atoms with E-state index in [1.807, 2.05) is 37.3 Å². The Labute approximate surface area is 123 Å². The van der Waals surface area contributed by atoms with E-state index in [1.54, 1.807) is 12.1 Å². The van der Waals surface area contributed by atoms with Crippen LogP contribution in [0.15, 0.2) is 42.5 Å². The van der Waals surface area contributed by atoms with Crippen LogP contribution < -0.4 is 9.47 Å². The second-order valence-corrected chi connectivity index (χ2v) is 4.57. The molecular formula is C16H17ClO3. The van der Waals surface area contributed by atoms with Gasteiger partial charge >= 0.3 is 0 Å². The van der Waals surface area contributed by atoms with Crippen LogP contribution in [0.25, 0.3) is 0 Å². The van der Waals surface area contributed by atoms with E-state index >= 15 is 0 Å². The molecule has 0 saturated heterocycles. The second kappa shape index (κ2) is 7.06. The lowest BCUT2D eigenvalue weighted by molar-refractivity contribution is 0.269. The summed E-state index contributed by atoms with van der Waals surface area (Å²) in [5.74, 6) is 2.08. The van der Waals surface area contributed by atoms with Gasteiger partial charge in [-0.3, -0.25) is 0 Å². The first kappa shape index (κ1) is 14.5. The summed E-state index contributed by atoms with van der Waals surface area (Å²) in [7, 11) is 0. The minimum absolute atomic E-state index is 0.246. The molecule has 0 spiro atoms. The lowest BCUT2D eigenvalue weighted by Crippen LogP contribution is -2.00. The van der Waals surface area contributed by atoms with Gasteiger partial charge in [-0.05, 0) is 42.3 Å². The van der Waals surface area contributed by atoms with E-state index in [4.69, 9.17) is 21.1 Å². The predicted molar refractivity (Wildman–Crippen MR) is 79.6 cm³/mol. The molecule has 0 aliphatic rings. The van der Waals surface area contributed by atoms with E-state index in [0.717, 1.165) is 11.1 Å². The molecule has 0 aliphatic heterocycles. The predicted octanol–water partition coefficient (Wildman–Crippen LogP) is 4.11. The summed E-state index contributed by atoms with van der Waals surface area (Å²) >= 11 is 5.82. The smallest absolute Gasteiger partial charge is 0.161 e. The van der Waals surface area contributed by atoms with Crippen LogP contribution in [0.3, 0.4) is 0 Å². The topological polar surface area (TPSA) is 38.7 Å². The Balaban J connectivity index is 2.09. The first-order valence-electron chi connectivity index (χ1n) is 6.45. The molecule has 2 aromatic carbocycles. The molecule has 2 aromatic rings. The largest absolute Gasteiger partial charge is 0.508 e. The summed E-state index contributed by atoms with van der Waals surface area (Å²) in [4.78, 5) is 0. The van der Waals surface area contributed by atoms with Gasteiger partial charge in [-0.15, -0.1) is 11.6 Å². The van der Waals surface area contributed by atoms with Crippen molar-refractivity contribution < 1.29 is 14.6 Å². The number of benzene rings is 2.